The number of nitrogens with one attached hydrogen (secondary N) is 2. The first-order valence-electron chi connectivity index (χ1n) is 7.72. The number of nitrogens with zero attached hydrogens (tertiary/aromatic N) is 1. The van der Waals surface area contributed by atoms with Gasteiger partial charge in [0, 0.05) is 30.2 Å². The molecule has 1 fully saturated rings. The molecule has 6 heteroatoms. The molecule has 5 nitrogen and oxygen atoms in total. The Hall–Kier alpha value is -1.75. The van der Waals surface area contributed by atoms with E-state index in [2.05, 4.69) is 15.6 Å². The Morgan fingerprint density at radius 3 is 2.68 bits per heavy atom. The second-order valence-electron chi connectivity index (χ2n) is 5.61. The third-order valence-electron chi connectivity index (χ3n) is 3.76. The van der Waals surface area contributed by atoms with Crippen LogP contribution in [0.3, 0.4) is 0 Å². The smallest absolute Gasteiger partial charge is 0.224 e. The van der Waals surface area contributed by atoms with Crippen molar-refractivity contribution in [3.8, 4) is 0 Å². The molecule has 1 aromatic rings. The van der Waals surface area contributed by atoms with Gasteiger partial charge in [0.25, 0.3) is 0 Å². The van der Waals surface area contributed by atoms with Crippen molar-refractivity contribution < 1.29 is 4.79 Å². The summed E-state index contributed by atoms with van der Waals surface area (Å²) in [6.45, 7) is 1.46. The highest BCUT2D eigenvalue weighted by Gasteiger charge is 2.16. The van der Waals surface area contributed by atoms with Gasteiger partial charge in [-0.2, -0.15) is 0 Å². The molecule has 1 aliphatic carbocycles. The van der Waals surface area contributed by atoms with E-state index in [1.54, 1.807) is 24.3 Å². The number of amides is 1. The van der Waals surface area contributed by atoms with Crippen LogP contribution < -0.4 is 16.4 Å². The highest BCUT2D eigenvalue weighted by molar-refractivity contribution is 6.30. The molecule has 0 spiro atoms. The Balaban J connectivity index is 1.57. The number of guanidine groups is 1. The van der Waals surface area contributed by atoms with E-state index in [1.165, 1.54) is 19.3 Å². The fourth-order valence-electron chi connectivity index (χ4n) is 2.18. The van der Waals surface area contributed by atoms with Crippen molar-refractivity contribution in [3.63, 3.8) is 0 Å². The summed E-state index contributed by atoms with van der Waals surface area (Å²) in [7, 11) is 0. The molecule has 0 aliphatic heterocycles. The number of hydrogen-bond acceptors (Lipinski definition) is 2. The quantitative estimate of drug-likeness (QED) is 0.410. The number of nitrogens with two attached hydrogens (primary N) is 1. The number of rotatable bonds is 7. The predicted octanol–water partition coefficient (Wildman–Crippen LogP) is 2.76. The Labute approximate surface area is 136 Å². The van der Waals surface area contributed by atoms with Gasteiger partial charge in [-0.15, -0.1) is 0 Å². The minimum absolute atomic E-state index is 0.0194. The standard InChI is InChI=1S/C16H23ClN4O/c17-13-6-8-14(9-7-13)21-15(22)5-2-10-19-16(18)20-11-12-3-1-4-12/h6-9,12H,1-5,10-11H2,(H,21,22)(H3,18,19,20). The maximum Gasteiger partial charge on any atom is 0.224 e. The van der Waals surface area contributed by atoms with Crippen molar-refractivity contribution in [3.05, 3.63) is 29.3 Å². The number of carbonyl (C=O) groups excluding carboxylic acids is 1. The van der Waals surface area contributed by atoms with Crippen LogP contribution in [0.2, 0.25) is 5.02 Å². The van der Waals surface area contributed by atoms with Crippen molar-refractivity contribution in [2.24, 2.45) is 16.6 Å². The molecule has 1 aliphatic rings. The first-order chi connectivity index (χ1) is 10.6. The molecule has 22 heavy (non-hydrogen) atoms. The summed E-state index contributed by atoms with van der Waals surface area (Å²) in [5, 5.41) is 6.52. The average Bonchev–Trinajstić information content (AvgIpc) is 2.44. The first-order valence-corrected chi connectivity index (χ1v) is 8.10. The number of carbonyl (C=O) groups is 1. The van der Waals surface area contributed by atoms with Gasteiger partial charge in [-0.05, 0) is 49.4 Å². The lowest BCUT2D eigenvalue weighted by Gasteiger charge is -2.23. The number of aliphatic imine (C=N–C) groups is 1. The zero-order valence-electron chi connectivity index (χ0n) is 12.6. The third kappa shape index (κ3) is 5.93. The van der Waals surface area contributed by atoms with Crippen molar-refractivity contribution in [2.75, 3.05) is 18.4 Å². The van der Waals surface area contributed by atoms with Crippen LogP contribution in [0, 0.1) is 5.92 Å². The van der Waals surface area contributed by atoms with Crippen LogP contribution in [0.1, 0.15) is 32.1 Å². The van der Waals surface area contributed by atoms with Gasteiger partial charge in [0.05, 0.1) is 0 Å². The van der Waals surface area contributed by atoms with E-state index in [9.17, 15) is 4.79 Å². The number of hydrogen-bond donors (Lipinski definition) is 3. The number of anilines is 1. The molecule has 1 amide bonds. The van der Waals surface area contributed by atoms with Crippen LogP contribution in [-0.2, 0) is 4.79 Å². The van der Waals surface area contributed by atoms with Crippen molar-refractivity contribution in [1.29, 1.82) is 0 Å². The van der Waals surface area contributed by atoms with Gasteiger partial charge in [0.15, 0.2) is 5.96 Å². The van der Waals surface area contributed by atoms with E-state index >= 15 is 0 Å². The molecule has 0 bridgehead atoms. The fraction of sp³-hybridized carbons (Fsp3) is 0.500. The highest BCUT2D eigenvalue weighted by atomic mass is 35.5. The summed E-state index contributed by atoms with van der Waals surface area (Å²) in [6.07, 6.45) is 4.99. The lowest BCUT2D eigenvalue weighted by Crippen LogP contribution is -2.33. The van der Waals surface area contributed by atoms with Crippen LogP contribution in [0.4, 0.5) is 5.69 Å². The van der Waals surface area contributed by atoms with Gasteiger partial charge in [-0.25, -0.2) is 0 Å². The van der Waals surface area contributed by atoms with E-state index in [0.29, 0.717) is 36.3 Å². The molecule has 120 valence electrons. The Bertz CT molecular complexity index is 511. The maximum absolute atomic E-state index is 11.8. The molecular formula is C16H23ClN4O. The molecule has 0 atom stereocenters. The van der Waals surface area contributed by atoms with E-state index < -0.39 is 0 Å². The van der Waals surface area contributed by atoms with Crippen LogP contribution in [0.25, 0.3) is 0 Å². The van der Waals surface area contributed by atoms with Crippen molar-refractivity contribution in [2.45, 2.75) is 32.1 Å². The monoisotopic (exact) mass is 322 g/mol. The van der Waals surface area contributed by atoms with Gasteiger partial charge in [0.2, 0.25) is 5.91 Å². The molecule has 4 N–H and O–H groups in total. The maximum atomic E-state index is 11.8. The average molecular weight is 323 g/mol. The summed E-state index contributed by atoms with van der Waals surface area (Å²) in [4.78, 5) is 16.1. The molecule has 0 saturated heterocycles. The fourth-order valence-corrected chi connectivity index (χ4v) is 2.31. The summed E-state index contributed by atoms with van der Waals surface area (Å²) in [6, 6.07) is 7.06. The molecule has 0 unspecified atom stereocenters. The largest absolute Gasteiger partial charge is 0.370 e. The molecule has 1 saturated carbocycles. The third-order valence-corrected chi connectivity index (χ3v) is 4.01. The summed E-state index contributed by atoms with van der Waals surface area (Å²) >= 11 is 5.79. The van der Waals surface area contributed by atoms with Gasteiger partial charge < -0.3 is 16.4 Å². The van der Waals surface area contributed by atoms with Crippen LogP contribution >= 0.6 is 11.6 Å². The Kier molecular flexibility index (Phi) is 6.52. The summed E-state index contributed by atoms with van der Waals surface area (Å²) < 4.78 is 0. The molecule has 0 aromatic heterocycles. The topological polar surface area (TPSA) is 79.5 Å². The van der Waals surface area contributed by atoms with Gasteiger partial charge in [0.1, 0.15) is 0 Å². The van der Waals surface area contributed by atoms with Gasteiger partial charge in [-0.1, -0.05) is 18.0 Å². The molecule has 1 aromatic carbocycles. The molecule has 2 rings (SSSR count). The lowest BCUT2D eigenvalue weighted by molar-refractivity contribution is -0.116. The van der Waals surface area contributed by atoms with Crippen LogP contribution in [0.5, 0.6) is 0 Å². The minimum atomic E-state index is -0.0194. The highest BCUT2D eigenvalue weighted by Crippen LogP contribution is 2.26. The minimum Gasteiger partial charge on any atom is -0.370 e. The Morgan fingerprint density at radius 1 is 1.32 bits per heavy atom. The van der Waals surface area contributed by atoms with Crippen LogP contribution in [-0.4, -0.2) is 25.0 Å². The number of benzene rings is 1. The first kappa shape index (κ1) is 16.6. The SMILES string of the molecule is NC(=NCC1CCC1)NCCCC(=O)Nc1ccc(Cl)cc1. The second-order valence-corrected chi connectivity index (χ2v) is 6.04. The zero-order valence-corrected chi connectivity index (χ0v) is 13.4. The normalized spacial score (nSPS) is 15.2. The second kappa shape index (κ2) is 8.63. The lowest BCUT2D eigenvalue weighted by atomic mass is 9.86. The van der Waals surface area contributed by atoms with Crippen LogP contribution in [0.15, 0.2) is 29.3 Å². The molecule has 0 radical (unpaired) electrons. The summed E-state index contributed by atoms with van der Waals surface area (Å²) in [5.41, 5.74) is 6.53. The van der Waals surface area contributed by atoms with Gasteiger partial charge in [-0.3, -0.25) is 9.79 Å². The zero-order chi connectivity index (χ0) is 15.8. The van der Waals surface area contributed by atoms with Crippen molar-refractivity contribution >= 4 is 29.2 Å². The molecule has 0 heterocycles. The van der Waals surface area contributed by atoms with E-state index in [1.807, 2.05) is 0 Å². The van der Waals surface area contributed by atoms with Gasteiger partial charge >= 0.3 is 0 Å². The number of halogens is 1. The predicted molar refractivity (Wildman–Crippen MR) is 91.1 cm³/mol. The van der Waals surface area contributed by atoms with E-state index in [4.69, 9.17) is 17.3 Å². The Morgan fingerprint density at radius 2 is 2.05 bits per heavy atom. The summed E-state index contributed by atoms with van der Waals surface area (Å²) in [5.74, 6) is 1.17. The van der Waals surface area contributed by atoms with Crippen molar-refractivity contribution in [1.82, 2.24) is 5.32 Å². The van der Waals surface area contributed by atoms with E-state index in [0.717, 1.165) is 12.2 Å². The molecular weight excluding hydrogens is 300 g/mol. The van der Waals surface area contributed by atoms with E-state index in [-0.39, 0.29) is 5.91 Å².